The van der Waals surface area contributed by atoms with Crippen LogP contribution < -0.4 is 9.61 Å². The van der Waals surface area contributed by atoms with Gasteiger partial charge in [-0.3, -0.25) is 9.88 Å². The molecule has 2 atom stereocenters. The number of hydrogen-bond donors (Lipinski definition) is 1. The lowest BCUT2D eigenvalue weighted by atomic mass is 10.1. The van der Waals surface area contributed by atoms with Crippen molar-refractivity contribution in [2.75, 3.05) is 7.11 Å². The third-order valence-corrected chi connectivity index (χ3v) is 3.61. The predicted molar refractivity (Wildman–Crippen MR) is 77.5 cm³/mol. The van der Waals surface area contributed by atoms with E-state index in [4.69, 9.17) is 4.52 Å². The van der Waals surface area contributed by atoms with Crippen molar-refractivity contribution in [3.05, 3.63) is 42.5 Å². The Bertz CT molecular complexity index is 568. The lowest BCUT2D eigenvalue weighted by Crippen LogP contribution is -2.29. The van der Waals surface area contributed by atoms with Gasteiger partial charge < -0.3 is 9.26 Å². The molecule has 0 bridgehead atoms. The van der Waals surface area contributed by atoms with E-state index in [0.717, 1.165) is 16.5 Å². The molecule has 0 aliphatic carbocycles. The van der Waals surface area contributed by atoms with Gasteiger partial charge in [-0.2, -0.15) is 0 Å². The van der Waals surface area contributed by atoms with Crippen molar-refractivity contribution in [2.24, 2.45) is 0 Å². The Kier molecular flexibility index (Phi) is 4.72. The van der Waals surface area contributed by atoms with Crippen LogP contribution in [0.2, 0.25) is 0 Å². The maximum atomic E-state index is 11.2. The van der Waals surface area contributed by atoms with Crippen molar-refractivity contribution in [2.45, 2.75) is 13.0 Å². The minimum atomic E-state index is -0.377. The molecule has 0 aliphatic heterocycles. The fourth-order valence-corrected chi connectivity index (χ4v) is 2.33. The molecule has 0 amide bonds. The lowest BCUT2D eigenvalue weighted by Gasteiger charge is -2.13. The summed E-state index contributed by atoms with van der Waals surface area (Å²) in [6.45, 7) is 1.74. The molecular weight excluding hydrogens is 261 g/mol. The van der Waals surface area contributed by atoms with E-state index in [1.165, 1.54) is 7.11 Å². The Labute approximate surface area is 114 Å². The highest BCUT2D eigenvalue weighted by molar-refractivity contribution is 7.30. The summed E-state index contributed by atoms with van der Waals surface area (Å²) in [7, 11) is 1.37. The van der Waals surface area contributed by atoms with Gasteiger partial charge in [0.2, 0.25) is 0 Å². The Hall–Kier alpha value is -1.64. The second kappa shape index (κ2) is 6.50. The molecule has 5 heteroatoms. The number of carbonyl (C=O) groups is 1. The van der Waals surface area contributed by atoms with Crippen molar-refractivity contribution < 1.29 is 14.1 Å². The van der Waals surface area contributed by atoms with Gasteiger partial charge in [0.1, 0.15) is 20.7 Å². The average Bonchev–Trinajstić information content (AvgIpc) is 2.46. The molecular formula is C14H16NO3P. The van der Waals surface area contributed by atoms with E-state index in [9.17, 15) is 4.79 Å². The first kappa shape index (κ1) is 13.8. The summed E-state index contributed by atoms with van der Waals surface area (Å²) in [6, 6.07) is 13.5. The second-order valence-electron chi connectivity index (χ2n) is 4.07. The first-order valence-electron chi connectivity index (χ1n) is 5.95. The monoisotopic (exact) mass is 277 g/mol. The van der Waals surface area contributed by atoms with E-state index in [1.54, 1.807) is 6.92 Å². The summed E-state index contributed by atoms with van der Waals surface area (Å²) in [5.74, 6) is 0.509. The van der Waals surface area contributed by atoms with E-state index < -0.39 is 0 Å². The van der Waals surface area contributed by atoms with E-state index in [2.05, 4.69) is 9.82 Å². The Morgan fingerprint density at radius 2 is 1.95 bits per heavy atom. The summed E-state index contributed by atoms with van der Waals surface area (Å²) < 4.78 is 10.3. The second-order valence-corrected chi connectivity index (χ2v) is 4.77. The van der Waals surface area contributed by atoms with E-state index >= 15 is 0 Å². The first-order valence-corrected chi connectivity index (χ1v) is 6.86. The molecule has 2 rings (SSSR count). The quantitative estimate of drug-likeness (QED) is 0.674. The molecule has 0 saturated carbocycles. The summed E-state index contributed by atoms with van der Waals surface area (Å²) in [5.41, 5.74) is 0. The van der Waals surface area contributed by atoms with Crippen LogP contribution in [0.5, 0.6) is 5.75 Å². The standard InChI is InChI=1S/C14H16NO3P/c1-10(14(16)17-2)15-19-18-13-9-5-7-11-6-3-4-8-12(11)13/h3-10,15,19H,1-2H3. The van der Waals surface area contributed by atoms with Gasteiger partial charge >= 0.3 is 5.97 Å². The molecule has 0 fully saturated rings. The van der Waals surface area contributed by atoms with Gasteiger partial charge in [-0.05, 0) is 18.4 Å². The molecule has 0 heterocycles. The maximum absolute atomic E-state index is 11.2. The van der Waals surface area contributed by atoms with Gasteiger partial charge in [0.05, 0.1) is 7.11 Å². The number of ether oxygens (including phenoxy) is 1. The normalized spacial score (nSPS) is 12.7. The van der Waals surface area contributed by atoms with E-state index in [0.29, 0.717) is 0 Å². The molecule has 2 aromatic carbocycles. The van der Waals surface area contributed by atoms with Crippen LogP contribution in [-0.4, -0.2) is 19.1 Å². The molecule has 0 spiro atoms. The zero-order valence-corrected chi connectivity index (χ0v) is 11.8. The molecule has 2 unspecified atom stereocenters. The maximum Gasteiger partial charge on any atom is 0.322 e. The summed E-state index contributed by atoms with van der Waals surface area (Å²) >= 11 is 0. The Morgan fingerprint density at radius 3 is 2.74 bits per heavy atom. The van der Waals surface area contributed by atoms with E-state index in [1.807, 2.05) is 42.5 Å². The predicted octanol–water partition coefficient (Wildman–Crippen LogP) is 2.88. The fraction of sp³-hybridized carbons (Fsp3) is 0.214. The van der Waals surface area contributed by atoms with Crippen molar-refractivity contribution >= 4 is 25.7 Å². The van der Waals surface area contributed by atoms with Crippen LogP contribution in [0.25, 0.3) is 10.8 Å². The molecule has 4 nitrogen and oxygen atoms in total. The van der Waals surface area contributed by atoms with Gasteiger partial charge in [-0.25, -0.2) is 0 Å². The van der Waals surface area contributed by atoms with Gasteiger partial charge in [-0.1, -0.05) is 36.4 Å². The minimum Gasteiger partial charge on any atom is -0.468 e. The number of esters is 1. The molecule has 2 aromatic rings. The third-order valence-electron chi connectivity index (χ3n) is 2.74. The summed E-state index contributed by atoms with van der Waals surface area (Å²) in [4.78, 5) is 11.2. The molecule has 0 aliphatic rings. The van der Waals surface area contributed by atoms with E-state index in [-0.39, 0.29) is 21.0 Å². The number of hydrogen-bond acceptors (Lipinski definition) is 4. The number of carbonyl (C=O) groups excluding carboxylic acids is 1. The van der Waals surface area contributed by atoms with Crippen LogP contribution >= 0.6 is 8.96 Å². The molecule has 1 N–H and O–H groups in total. The first-order chi connectivity index (χ1) is 9.22. The van der Waals surface area contributed by atoms with Crippen molar-refractivity contribution in [1.29, 1.82) is 0 Å². The summed E-state index contributed by atoms with van der Waals surface area (Å²) in [5, 5.41) is 5.17. The SMILES string of the molecule is COC(=O)C(C)NPOc1cccc2ccccc12. The van der Waals surface area contributed by atoms with Crippen molar-refractivity contribution in [3.8, 4) is 5.75 Å². The van der Waals surface area contributed by atoms with Gasteiger partial charge in [0, 0.05) is 5.39 Å². The third kappa shape index (κ3) is 3.43. The van der Waals surface area contributed by atoms with Crippen molar-refractivity contribution in [1.82, 2.24) is 5.09 Å². The lowest BCUT2D eigenvalue weighted by molar-refractivity contribution is -0.142. The Balaban J connectivity index is 2.00. The van der Waals surface area contributed by atoms with Crippen LogP contribution in [0.1, 0.15) is 6.92 Å². The smallest absolute Gasteiger partial charge is 0.322 e. The largest absolute Gasteiger partial charge is 0.468 e. The van der Waals surface area contributed by atoms with Gasteiger partial charge in [0.15, 0.2) is 0 Å². The highest BCUT2D eigenvalue weighted by Gasteiger charge is 2.12. The zero-order chi connectivity index (χ0) is 13.7. The average molecular weight is 277 g/mol. The zero-order valence-electron chi connectivity index (χ0n) is 10.8. The van der Waals surface area contributed by atoms with Crippen LogP contribution in [0.15, 0.2) is 42.5 Å². The van der Waals surface area contributed by atoms with Crippen LogP contribution in [0, 0.1) is 0 Å². The van der Waals surface area contributed by atoms with Gasteiger partial charge in [0.25, 0.3) is 0 Å². The number of rotatable bonds is 5. The van der Waals surface area contributed by atoms with Crippen LogP contribution in [0.3, 0.4) is 0 Å². The molecule has 0 aromatic heterocycles. The number of nitrogens with one attached hydrogen (secondary N) is 1. The number of benzene rings is 2. The molecule has 0 saturated heterocycles. The summed E-state index contributed by atoms with van der Waals surface area (Å²) in [6.07, 6.45) is 0. The highest BCUT2D eigenvalue weighted by atomic mass is 31.1. The fourth-order valence-electron chi connectivity index (χ4n) is 1.69. The van der Waals surface area contributed by atoms with Crippen molar-refractivity contribution in [3.63, 3.8) is 0 Å². The molecule has 100 valence electrons. The van der Waals surface area contributed by atoms with Gasteiger partial charge in [-0.15, -0.1) is 0 Å². The minimum absolute atomic E-state index is 0.00173. The molecule has 0 radical (unpaired) electrons. The Morgan fingerprint density at radius 1 is 1.21 bits per heavy atom. The number of fused-ring (bicyclic) bond motifs is 1. The number of methoxy groups -OCH3 is 1. The van der Waals surface area contributed by atoms with Crippen LogP contribution in [-0.2, 0) is 9.53 Å². The van der Waals surface area contributed by atoms with Crippen LogP contribution in [0.4, 0.5) is 0 Å². The topological polar surface area (TPSA) is 47.6 Å². The molecule has 19 heavy (non-hydrogen) atoms. The highest BCUT2D eigenvalue weighted by Crippen LogP contribution is 2.28.